The molecular formula is C30H32N4O5. The van der Waals surface area contributed by atoms with Crippen LogP contribution in [-0.4, -0.2) is 60.7 Å². The van der Waals surface area contributed by atoms with Crippen LogP contribution in [0.3, 0.4) is 0 Å². The largest absolute Gasteiger partial charge is 0.493 e. The summed E-state index contributed by atoms with van der Waals surface area (Å²) in [4.78, 5) is 28.4. The molecule has 0 N–H and O–H groups in total. The Morgan fingerprint density at radius 1 is 0.949 bits per heavy atom. The van der Waals surface area contributed by atoms with E-state index in [0.29, 0.717) is 44.1 Å². The molecule has 2 heterocycles. The molecule has 1 saturated heterocycles. The Labute approximate surface area is 227 Å². The van der Waals surface area contributed by atoms with E-state index in [9.17, 15) is 14.9 Å². The number of non-ortho nitro benzene ring substituents is 1. The van der Waals surface area contributed by atoms with E-state index < -0.39 is 4.92 Å². The molecule has 39 heavy (non-hydrogen) atoms. The molecule has 202 valence electrons. The maximum Gasteiger partial charge on any atom is 0.269 e. The lowest BCUT2D eigenvalue weighted by Crippen LogP contribution is -2.49. The third-order valence-electron chi connectivity index (χ3n) is 7.55. The van der Waals surface area contributed by atoms with Crippen molar-refractivity contribution in [1.82, 2.24) is 9.47 Å². The van der Waals surface area contributed by atoms with Gasteiger partial charge in [0.15, 0.2) is 11.5 Å². The summed E-state index contributed by atoms with van der Waals surface area (Å²) >= 11 is 0. The normalized spacial score (nSPS) is 14.3. The molecule has 0 radical (unpaired) electrons. The lowest BCUT2D eigenvalue weighted by atomic mass is 9.87. The zero-order valence-electron chi connectivity index (χ0n) is 22.4. The molecule has 1 aliphatic rings. The molecule has 4 aromatic rings. The highest BCUT2D eigenvalue weighted by atomic mass is 16.6. The maximum absolute atomic E-state index is 13.7. The van der Waals surface area contributed by atoms with Gasteiger partial charge < -0.3 is 23.8 Å². The molecule has 0 bridgehead atoms. The molecule has 1 aliphatic heterocycles. The highest BCUT2D eigenvalue weighted by Gasteiger charge is 2.28. The predicted molar refractivity (Wildman–Crippen MR) is 151 cm³/mol. The highest BCUT2D eigenvalue weighted by molar-refractivity contribution is 5.86. The molecule has 5 rings (SSSR count). The van der Waals surface area contributed by atoms with E-state index in [2.05, 4.69) is 27.8 Å². The second-order valence-electron chi connectivity index (χ2n) is 9.72. The first kappa shape index (κ1) is 26.1. The second-order valence-corrected chi connectivity index (χ2v) is 9.72. The second kappa shape index (κ2) is 11.1. The first-order valence-electron chi connectivity index (χ1n) is 12.9. The highest BCUT2D eigenvalue weighted by Crippen LogP contribution is 2.38. The molecule has 1 aromatic heterocycles. The number of hydrogen-bond donors (Lipinski definition) is 0. The molecule has 9 nitrogen and oxygen atoms in total. The van der Waals surface area contributed by atoms with Crippen molar-refractivity contribution < 1.29 is 19.2 Å². The first-order valence-corrected chi connectivity index (χ1v) is 12.9. The van der Waals surface area contributed by atoms with Crippen molar-refractivity contribution in [1.29, 1.82) is 0 Å². The Kier molecular flexibility index (Phi) is 7.40. The molecule has 0 saturated carbocycles. The van der Waals surface area contributed by atoms with Gasteiger partial charge in [-0.05, 0) is 41.5 Å². The number of nitrogens with zero attached hydrogens (tertiary/aromatic N) is 4. The van der Waals surface area contributed by atoms with Crippen LogP contribution in [0.5, 0.6) is 11.5 Å². The van der Waals surface area contributed by atoms with E-state index in [0.717, 1.165) is 27.7 Å². The van der Waals surface area contributed by atoms with Crippen LogP contribution in [0.4, 0.5) is 11.4 Å². The summed E-state index contributed by atoms with van der Waals surface area (Å²) in [5.74, 6) is 1.19. The number of benzene rings is 3. The van der Waals surface area contributed by atoms with Gasteiger partial charge in [0.05, 0.1) is 19.1 Å². The Bertz CT molecular complexity index is 1490. The van der Waals surface area contributed by atoms with Crippen LogP contribution in [0.2, 0.25) is 0 Å². The molecule has 3 aromatic carbocycles. The molecule has 0 unspecified atom stereocenters. The fourth-order valence-corrected chi connectivity index (χ4v) is 5.43. The van der Waals surface area contributed by atoms with Gasteiger partial charge in [0.1, 0.15) is 0 Å². The van der Waals surface area contributed by atoms with Crippen molar-refractivity contribution >= 4 is 28.2 Å². The number of nitro groups is 1. The minimum atomic E-state index is -0.398. The van der Waals surface area contributed by atoms with Crippen LogP contribution in [-0.2, 0) is 11.8 Å². The standard InChI is InChI=1S/C30H32N4O5/c1-31-20-26(24-6-4-5-7-27(24)31)25(21-8-13-28(38-2)29(18-21)39-3)19-30(35)33-16-14-32(15-17-33)22-9-11-23(12-10-22)34(36)37/h4-13,18,20,25H,14-17,19H2,1-3H3/t25-/m1/s1. The van der Waals surface area contributed by atoms with Gasteiger partial charge >= 0.3 is 0 Å². The maximum atomic E-state index is 13.7. The molecule has 0 spiro atoms. The van der Waals surface area contributed by atoms with Crippen molar-refractivity contribution in [3.63, 3.8) is 0 Å². The van der Waals surface area contributed by atoms with E-state index >= 15 is 0 Å². The number of amides is 1. The average molecular weight is 529 g/mol. The Morgan fingerprint density at radius 2 is 1.64 bits per heavy atom. The first-order chi connectivity index (χ1) is 18.9. The van der Waals surface area contributed by atoms with Crippen LogP contribution in [0.1, 0.15) is 23.5 Å². The van der Waals surface area contributed by atoms with Gasteiger partial charge in [-0.15, -0.1) is 0 Å². The molecule has 0 aliphatic carbocycles. The predicted octanol–water partition coefficient (Wildman–Crippen LogP) is 4.97. The number of para-hydroxylation sites is 1. The Balaban J connectivity index is 1.38. The van der Waals surface area contributed by atoms with Gasteiger partial charge in [-0.2, -0.15) is 0 Å². The Hall–Kier alpha value is -4.53. The number of nitro benzene ring substituents is 1. The number of aromatic nitrogens is 1. The van der Waals surface area contributed by atoms with Gasteiger partial charge in [-0.1, -0.05) is 24.3 Å². The minimum Gasteiger partial charge on any atom is -0.493 e. The quantitative estimate of drug-likeness (QED) is 0.237. The lowest BCUT2D eigenvalue weighted by molar-refractivity contribution is -0.384. The van der Waals surface area contributed by atoms with E-state index in [1.807, 2.05) is 42.3 Å². The van der Waals surface area contributed by atoms with Crippen LogP contribution < -0.4 is 14.4 Å². The molecule has 1 fully saturated rings. The SMILES string of the molecule is COc1ccc([C@@H](CC(=O)N2CCN(c3ccc([N+](=O)[O-])cc3)CC2)c2cn(C)c3ccccc23)cc1OC. The summed E-state index contributed by atoms with van der Waals surface area (Å²) in [6.45, 7) is 2.51. The topological polar surface area (TPSA) is 90.1 Å². The number of hydrogen-bond acceptors (Lipinski definition) is 6. The summed E-state index contributed by atoms with van der Waals surface area (Å²) in [6, 6.07) is 20.7. The number of carbonyl (C=O) groups is 1. The number of carbonyl (C=O) groups excluding carboxylic acids is 1. The van der Waals surface area contributed by atoms with Gasteiger partial charge in [-0.3, -0.25) is 14.9 Å². The van der Waals surface area contributed by atoms with Gasteiger partial charge in [-0.25, -0.2) is 0 Å². The van der Waals surface area contributed by atoms with Crippen LogP contribution >= 0.6 is 0 Å². The number of anilines is 1. The van der Waals surface area contributed by atoms with Crippen molar-refractivity contribution in [2.75, 3.05) is 45.3 Å². The fourth-order valence-electron chi connectivity index (χ4n) is 5.43. The Morgan fingerprint density at radius 3 is 2.31 bits per heavy atom. The van der Waals surface area contributed by atoms with Gasteiger partial charge in [0, 0.05) is 80.5 Å². The smallest absolute Gasteiger partial charge is 0.269 e. The number of piperazine rings is 1. The zero-order valence-corrected chi connectivity index (χ0v) is 22.4. The van der Waals surface area contributed by atoms with Gasteiger partial charge in [0.2, 0.25) is 5.91 Å². The average Bonchev–Trinajstić information content (AvgIpc) is 3.31. The third-order valence-corrected chi connectivity index (χ3v) is 7.55. The van der Waals surface area contributed by atoms with Gasteiger partial charge in [0.25, 0.3) is 5.69 Å². The van der Waals surface area contributed by atoms with Crippen molar-refractivity contribution in [3.8, 4) is 11.5 Å². The third kappa shape index (κ3) is 5.25. The van der Waals surface area contributed by atoms with E-state index in [-0.39, 0.29) is 17.5 Å². The lowest BCUT2D eigenvalue weighted by Gasteiger charge is -2.36. The van der Waals surface area contributed by atoms with E-state index in [4.69, 9.17) is 9.47 Å². The number of ether oxygens (including phenoxy) is 2. The summed E-state index contributed by atoms with van der Waals surface area (Å²) in [5, 5.41) is 12.1. The van der Waals surface area contributed by atoms with Crippen molar-refractivity contribution in [2.45, 2.75) is 12.3 Å². The van der Waals surface area contributed by atoms with E-state index in [1.54, 1.807) is 26.4 Å². The van der Waals surface area contributed by atoms with Crippen molar-refractivity contribution in [3.05, 3.63) is 94.2 Å². The fraction of sp³-hybridized carbons (Fsp3) is 0.300. The van der Waals surface area contributed by atoms with Crippen LogP contribution in [0, 0.1) is 10.1 Å². The molecule has 9 heteroatoms. The summed E-state index contributed by atoms with van der Waals surface area (Å²) in [5.41, 5.74) is 4.19. The van der Waals surface area contributed by atoms with Crippen LogP contribution in [0.15, 0.2) is 72.9 Å². The van der Waals surface area contributed by atoms with Crippen molar-refractivity contribution in [2.24, 2.45) is 7.05 Å². The summed E-state index contributed by atoms with van der Waals surface area (Å²) in [6.07, 6.45) is 2.44. The zero-order chi connectivity index (χ0) is 27.5. The minimum absolute atomic E-state index is 0.0715. The molecular weight excluding hydrogens is 496 g/mol. The molecule has 1 amide bonds. The number of methoxy groups -OCH3 is 2. The van der Waals surface area contributed by atoms with E-state index in [1.165, 1.54) is 12.1 Å². The summed E-state index contributed by atoms with van der Waals surface area (Å²) in [7, 11) is 5.25. The van der Waals surface area contributed by atoms with Crippen LogP contribution in [0.25, 0.3) is 10.9 Å². The number of fused-ring (bicyclic) bond motifs is 1. The summed E-state index contributed by atoms with van der Waals surface area (Å²) < 4.78 is 13.1. The number of rotatable bonds is 8. The monoisotopic (exact) mass is 528 g/mol. The molecule has 1 atom stereocenters. The number of aryl methyl sites for hydroxylation is 1.